The molecule has 1 aromatic rings. The number of hydrogen-bond donors (Lipinski definition) is 4. The average molecular weight is 483 g/mol. The SMILES string of the molecule is CC1(C)CC(Nc2nc(OCCO)nc(OC3CC(C)(C)N(O)C(C)(C)C3)n2)CC(C)(C)N1O. The fraction of sp³-hybridized carbons (Fsp3) is 0.870. The predicted molar refractivity (Wildman–Crippen MR) is 126 cm³/mol. The summed E-state index contributed by atoms with van der Waals surface area (Å²) >= 11 is 0. The summed E-state index contributed by atoms with van der Waals surface area (Å²) in [5.41, 5.74) is -1.83. The number of aliphatic hydroxyl groups excluding tert-OH is 1. The molecule has 0 amide bonds. The molecule has 194 valence electrons. The molecule has 2 fully saturated rings. The van der Waals surface area contributed by atoms with Crippen LogP contribution >= 0.6 is 0 Å². The molecule has 11 heteroatoms. The van der Waals surface area contributed by atoms with Crippen LogP contribution in [-0.2, 0) is 0 Å². The summed E-state index contributed by atoms with van der Waals surface area (Å²) in [6.45, 7) is 15.8. The van der Waals surface area contributed by atoms with Crippen LogP contribution in [0.5, 0.6) is 12.0 Å². The van der Waals surface area contributed by atoms with Gasteiger partial charge in [-0.3, -0.25) is 0 Å². The van der Waals surface area contributed by atoms with E-state index in [1.165, 1.54) is 10.1 Å². The first-order valence-electron chi connectivity index (χ1n) is 12.0. The van der Waals surface area contributed by atoms with Crippen molar-refractivity contribution in [2.75, 3.05) is 18.5 Å². The zero-order valence-corrected chi connectivity index (χ0v) is 21.8. The van der Waals surface area contributed by atoms with E-state index in [4.69, 9.17) is 14.6 Å². The third kappa shape index (κ3) is 5.88. The van der Waals surface area contributed by atoms with Crippen LogP contribution in [0.4, 0.5) is 5.95 Å². The van der Waals surface area contributed by atoms with Crippen molar-refractivity contribution in [1.29, 1.82) is 0 Å². The topological polar surface area (TPSA) is 136 Å². The van der Waals surface area contributed by atoms with Crippen molar-refractivity contribution in [3.05, 3.63) is 0 Å². The lowest BCUT2D eigenvalue weighted by atomic mass is 9.79. The normalized spacial score (nSPS) is 25.1. The maximum atomic E-state index is 10.6. The Morgan fingerprint density at radius 3 is 1.76 bits per heavy atom. The molecule has 0 aromatic carbocycles. The molecule has 2 saturated heterocycles. The highest BCUT2D eigenvalue weighted by Crippen LogP contribution is 2.39. The highest BCUT2D eigenvalue weighted by Gasteiger charge is 2.47. The number of anilines is 1. The monoisotopic (exact) mass is 482 g/mol. The zero-order chi connectivity index (χ0) is 25.5. The molecule has 3 rings (SSSR count). The molecule has 0 bridgehead atoms. The molecule has 11 nitrogen and oxygen atoms in total. The molecule has 34 heavy (non-hydrogen) atoms. The molecule has 1 aromatic heterocycles. The van der Waals surface area contributed by atoms with Crippen molar-refractivity contribution < 1.29 is 25.0 Å². The number of nitrogens with one attached hydrogen (secondary N) is 1. The number of aromatic nitrogens is 3. The third-order valence-corrected chi connectivity index (χ3v) is 6.76. The van der Waals surface area contributed by atoms with Gasteiger partial charge in [0.15, 0.2) is 0 Å². The molecule has 0 unspecified atom stereocenters. The standard InChI is InChI=1S/C23H42N6O5/c1-20(2)11-15(12-21(3,4)28(20)31)24-17-25-18(33-10-9-30)27-19(26-17)34-16-13-22(5,6)29(32)23(7,8)14-16/h15-16,30-32H,9-14H2,1-8H3,(H,24,25,26,27). The quantitative estimate of drug-likeness (QED) is 0.456. The van der Waals surface area contributed by atoms with Crippen LogP contribution in [-0.4, -0.2) is 88.1 Å². The lowest BCUT2D eigenvalue weighted by Gasteiger charge is -2.51. The van der Waals surface area contributed by atoms with E-state index in [0.29, 0.717) is 31.6 Å². The number of rotatable bonds is 7. The van der Waals surface area contributed by atoms with Gasteiger partial charge in [0, 0.05) is 41.0 Å². The van der Waals surface area contributed by atoms with Gasteiger partial charge in [-0.1, -0.05) is 0 Å². The van der Waals surface area contributed by atoms with E-state index in [0.717, 1.165) is 0 Å². The molecule has 0 radical (unpaired) electrons. The van der Waals surface area contributed by atoms with Crippen LogP contribution < -0.4 is 14.8 Å². The number of piperidine rings is 2. The Labute approximate surface area is 202 Å². The zero-order valence-electron chi connectivity index (χ0n) is 21.8. The minimum Gasteiger partial charge on any atom is -0.461 e. The molecule has 0 saturated carbocycles. The molecule has 2 aliphatic heterocycles. The summed E-state index contributed by atoms with van der Waals surface area (Å²) in [5, 5.41) is 36.5. The Hall–Kier alpha value is -1.79. The van der Waals surface area contributed by atoms with Gasteiger partial charge in [0.05, 0.1) is 6.61 Å². The Kier molecular flexibility index (Phi) is 7.37. The minimum absolute atomic E-state index is 0.00448. The van der Waals surface area contributed by atoms with E-state index >= 15 is 0 Å². The molecule has 0 spiro atoms. The number of hydrogen-bond acceptors (Lipinski definition) is 11. The van der Waals surface area contributed by atoms with Crippen LogP contribution in [0.2, 0.25) is 0 Å². The number of nitrogens with zero attached hydrogens (tertiary/aromatic N) is 5. The van der Waals surface area contributed by atoms with E-state index < -0.39 is 22.2 Å². The van der Waals surface area contributed by atoms with Gasteiger partial charge in [-0.15, -0.1) is 4.98 Å². The van der Waals surface area contributed by atoms with Crippen molar-refractivity contribution in [2.45, 2.75) is 115 Å². The molecule has 2 aliphatic rings. The molecular weight excluding hydrogens is 440 g/mol. The average Bonchev–Trinajstić information content (AvgIpc) is 2.67. The summed E-state index contributed by atoms with van der Waals surface area (Å²) in [6, 6.07) is 0.203. The van der Waals surface area contributed by atoms with Gasteiger partial charge in [-0.05, 0) is 68.2 Å². The van der Waals surface area contributed by atoms with Gasteiger partial charge >= 0.3 is 12.0 Å². The van der Waals surface area contributed by atoms with Crippen molar-refractivity contribution in [3.63, 3.8) is 0 Å². The summed E-state index contributed by atoms with van der Waals surface area (Å²) in [6.07, 6.45) is 2.32. The maximum absolute atomic E-state index is 10.6. The maximum Gasteiger partial charge on any atom is 0.324 e. The van der Waals surface area contributed by atoms with Crippen molar-refractivity contribution in [2.24, 2.45) is 0 Å². The largest absolute Gasteiger partial charge is 0.461 e. The van der Waals surface area contributed by atoms with E-state index in [-0.39, 0.29) is 37.4 Å². The molecule has 4 N–H and O–H groups in total. The lowest BCUT2D eigenvalue weighted by Crippen LogP contribution is -2.61. The molecular formula is C23H42N6O5. The van der Waals surface area contributed by atoms with Gasteiger partial charge in [0.25, 0.3) is 0 Å². The summed E-state index contributed by atoms with van der Waals surface area (Å²) in [7, 11) is 0. The highest BCUT2D eigenvalue weighted by atomic mass is 16.5. The first-order chi connectivity index (χ1) is 15.6. The van der Waals surface area contributed by atoms with Gasteiger partial charge < -0.3 is 30.3 Å². The fourth-order valence-electron chi connectivity index (χ4n) is 5.62. The minimum atomic E-state index is -0.480. The smallest absolute Gasteiger partial charge is 0.324 e. The van der Waals surface area contributed by atoms with Crippen LogP contribution in [0, 0.1) is 0 Å². The first kappa shape index (κ1) is 26.8. The van der Waals surface area contributed by atoms with Gasteiger partial charge in [-0.25, -0.2) is 0 Å². The van der Waals surface area contributed by atoms with Crippen LogP contribution in [0.3, 0.4) is 0 Å². The van der Waals surface area contributed by atoms with E-state index in [9.17, 15) is 10.4 Å². The fourth-order valence-corrected chi connectivity index (χ4v) is 5.62. The predicted octanol–water partition coefficient (Wildman–Crippen LogP) is 2.85. The van der Waals surface area contributed by atoms with E-state index in [1.807, 2.05) is 55.4 Å². The number of hydroxylamine groups is 4. The summed E-state index contributed by atoms with van der Waals surface area (Å²) in [5.74, 6) is 0.319. The second-order valence-electron chi connectivity index (χ2n) is 12.1. The van der Waals surface area contributed by atoms with Crippen LogP contribution in [0.25, 0.3) is 0 Å². The number of aliphatic hydroxyl groups is 1. The van der Waals surface area contributed by atoms with Crippen molar-refractivity contribution in [3.8, 4) is 12.0 Å². The van der Waals surface area contributed by atoms with Gasteiger partial charge in [-0.2, -0.15) is 20.1 Å². The second-order valence-corrected chi connectivity index (χ2v) is 12.1. The Morgan fingerprint density at radius 2 is 1.26 bits per heavy atom. The van der Waals surface area contributed by atoms with Crippen molar-refractivity contribution in [1.82, 2.24) is 25.1 Å². The third-order valence-electron chi connectivity index (χ3n) is 6.76. The summed E-state index contributed by atoms with van der Waals surface area (Å²) < 4.78 is 11.7. The highest BCUT2D eigenvalue weighted by molar-refractivity contribution is 5.30. The van der Waals surface area contributed by atoms with Crippen molar-refractivity contribution >= 4 is 5.95 Å². The van der Waals surface area contributed by atoms with E-state index in [2.05, 4.69) is 20.3 Å². The van der Waals surface area contributed by atoms with Crippen LogP contribution in [0.15, 0.2) is 0 Å². The van der Waals surface area contributed by atoms with E-state index in [1.54, 1.807) is 0 Å². The van der Waals surface area contributed by atoms with Gasteiger partial charge in [0.2, 0.25) is 5.95 Å². The molecule has 0 atom stereocenters. The Bertz CT molecular complexity index is 764. The second kappa shape index (κ2) is 9.34. The Morgan fingerprint density at radius 1 is 0.794 bits per heavy atom. The van der Waals surface area contributed by atoms with Crippen LogP contribution in [0.1, 0.15) is 81.1 Å². The summed E-state index contributed by atoms with van der Waals surface area (Å²) in [4.78, 5) is 13.2. The Balaban J connectivity index is 1.83. The number of ether oxygens (including phenoxy) is 2. The van der Waals surface area contributed by atoms with Gasteiger partial charge in [0.1, 0.15) is 12.7 Å². The molecule has 0 aliphatic carbocycles. The first-order valence-corrected chi connectivity index (χ1v) is 12.0. The molecule has 3 heterocycles. The lowest BCUT2D eigenvalue weighted by molar-refractivity contribution is -0.255.